The monoisotopic (exact) mass is 242 g/mol. The number of benzene rings is 1. The highest BCUT2D eigenvalue weighted by molar-refractivity contribution is 5.55. The summed E-state index contributed by atoms with van der Waals surface area (Å²) in [6.07, 6.45) is 5.08. The Morgan fingerprint density at radius 3 is 2.89 bits per heavy atom. The van der Waals surface area contributed by atoms with Gasteiger partial charge in [-0.3, -0.25) is 5.10 Å². The third-order valence-electron chi connectivity index (χ3n) is 3.67. The molecule has 0 amide bonds. The molecule has 94 valence electrons. The molecule has 1 heterocycles. The van der Waals surface area contributed by atoms with E-state index in [0.29, 0.717) is 12.5 Å². The minimum absolute atomic E-state index is 0.549. The summed E-state index contributed by atoms with van der Waals surface area (Å²) in [5.41, 5.74) is 7.80. The van der Waals surface area contributed by atoms with E-state index in [9.17, 15) is 0 Å². The molecule has 2 aromatic rings. The first-order valence-electron chi connectivity index (χ1n) is 6.58. The van der Waals surface area contributed by atoms with Crippen LogP contribution in [0.25, 0.3) is 11.4 Å². The Kier molecular flexibility index (Phi) is 3.11. The first kappa shape index (κ1) is 11.4. The van der Waals surface area contributed by atoms with Crippen molar-refractivity contribution in [2.75, 3.05) is 0 Å². The minimum atomic E-state index is 0.549. The van der Waals surface area contributed by atoms with Crippen LogP contribution in [0.5, 0.6) is 0 Å². The van der Waals surface area contributed by atoms with Crippen LogP contribution in [0.3, 0.4) is 0 Å². The van der Waals surface area contributed by atoms with Crippen LogP contribution < -0.4 is 5.73 Å². The van der Waals surface area contributed by atoms with Gasteiger partial charge in [-0.25, -0.2) is 4.98 Å². The number of nitrogens with zero attached hydrogens (tertiary/aromatic N) is 2. The number of hydrogen-bond acceptors (Lipinski definition) is 3. The molecule has 1 aromatic carbocycles. The van der Waals surface area contributed by atoms with Crippen LogP contribution in [0.4, 0.5) is 0 Å². The number of H-pyrrole nitrogens is 1. The highest BCUT2D eigenvalue weighted by atomic mass is 15.2. The maximum absolute atomic E-state index is 5.65. The van der Waals surface area contributed by atoms with E-state index in [0.717, 1.165) is 22.8 Å². The summed E-state index contributed by atoms with van der Waals surface area (Å²) < 4.78 is 0. The quantitative estimate of drug-likeness (QED) is 0.869. The second kappa shape index (κ2) is 4.90. The molecule has 0 atom stereocenters. The summed E-state index contributed by atoms with van der Waals surface area (Å²) in [6, 6.07) is 8.11. The SMILES string of the molecule is NCc1cccc(-c2n[nH]c(C3CCCC3)n2)c1. The maximum Gasteiger partial charge on any atom is 0.181 e. The van der Waals surface area contributed by atoms with Gasteiger partial charge in [-0.1, -0.05) is 31.0 Å². The molecule has 18 heavy (non-hydrogen) atoms. The zero-order valence-corrected chi connectivity index (χ0v) is 10.4. The van der Waals surface area contributed by atoms with E-state index >= 15 is 0 Å². The molecule has 1 aliphatic carbocycles. The fourth-order valence-electron chi connectivity index (χ4n) is 2.62. The van der Waals surface area contributed by atoms with Crippen LogP contribution in [0.2, 0.25) is 0 Å². The summed E-state index contributed by atoms with van der Waals surface area (Å²) >= 11 is 0. The highest BCUT2D eigenvalue weighted by Gasteiger charge is 2.20. The van der Waals surface area contributed by atoms with Crippen LogP contribution in [0.15, 0.2) is 24.3 Å². The van der Waals surface area contributed by atoms with Gasteiger partial charge >= 0.3 is 0 Å². The van der Waals surface area contributed by atoms with E-state index in [1.165, 1.54) is 25.7 Å². The van der Waals surface area contributed by atoms with E-state index in [2.05, 4.69) is 21.2 Å². The topological polar surface area (TPSA) is 67.6 Å². The van der Waals surface area contributed by atoms with Crippen LogP contribution in [-0.4, -0.2) is 15.2 Å². The lowest BCUT2D eigenvalue weighted by Gasteiger charge is -2.02. The normalized spacial score (nSPS) is 16.3. The maximum atomic E-state index is 5.65. The van der Waals surface area contributed by atoms with Crippen molar-refractivity contribution in [1.82, 2.24) is 15.2 Å². The van der Waals surface area contributed by atoms with Crippen LogP contribution in [-0.2, 0) is 6.54 Å². The van der Waals surface area contributed by atoms with Gasteiger partial charge in [0.15, 0.2) is 5.82 Å². The van der Waals surface area contributed by atoms with Crippen molar-refractivity contribution < 1.29 is 0 Å². The summed E-state index contributed by atoms with van der Waals surface area (Å²) in [6.45, 7) is 0.549. The molecule has 3 rings (SSSR count). The van der Waals surface area contributed by atoms with Crippen LogP contribution in [0.1, 0.15) is 43.0 Å². The third kappa shape index (κ3) is 2.16. The van der Waals surface area contributed by atoms with E-state index in [-0.39, 0.29) is 0 Å². The molecule has 3 N–H and O–H groups in total. The Bertz CT molecular complexity index is 526. The lowest BCUT2D eigenvalue weighted by atomic mass is 10.1. The predicted molar refractivity (Wildman–Crippen MR) is 70.9 cm³/mol. The van der Waals surface area contributed by atoms with Gasteiger partial charge in [0, 0.05) is 18.0 Å². The molecular weight excluding hydrogens is 224 g/mol. The van der Waals surface area contributed by atoms with Crippen LogP contribution >= 0.6 is 0 Å². The number of hydrogen-bond donors (Lipinski definition) is 2. The summed E-state index contributed by atoms with van der Waals surface area (Å²) in [5.74, 6) is 2.40. The van der Waals surface area contributed by atoms with Crippen molar-refractivity contribution in [3.05, 3.63) is 35.7 Å². The first-order valence-corrected chi connectivity index (χ1v) is 6.58. The zero-order valence-electron chi connectivity index (χ0n) is 10.4. The molecule has 1 saturated carbocycles. The lowest BCUT2D eigenvalue weighted by molar-refractivity contribution is 0.672. The first-order chi connectivity index (χ1) is 8.86. The summed E-state index contributed by atoms with van der Waals surface area (Å²) in [7, 11) is 0. The minimum Gasteiger partial charge on any atom is -0.326 e. The fourth-order valence-corrected chi connectivity index (χ4v) is 2.62. The molecule has 0 aliphatic heterocycles. The van der Waals surface area contributed by atoms with E-state index in [4.69, 9.17) is 5.73 Å². The smallest absolute Gasteiger partial charge is 0.181 e. The van der Waals surface area contributed by atoms with Crippen molar-refractivity contribution in [3.63, 3.8) is 0 Å². The molecule has 0 bridgehead atoms. The summed E-state index contributed by atoms with van der Waals surface area (Å²) in [4.78, 5) is 4.63. The van der Waals surface area contributed by atoms with Gasteiger partial charge in [-0.2, -0.15) is 5.10 Å². The molecule has 0 spiro atoms. The van der Waals surface area contributed by atoms with Gasteiger partial charge in [-0.15, -0.1) is 0 Å². The Balaban J connectivity index is 1.87. The number of aromatic nitrogens is 3. The molecule has 0 unspecified atom stereocenters. The van der Waals surface area contributed by atoms with Gasteiger partial charge in [-0.05, 0) is 24.5 Å². The third-order valence-corrected chi connectivity index (χ3v) is 3.67. The highest BCUT2D eigenvalue weighted by Crippen LogP contribution is 2.32. The van der Waals surface area contributed by atoms with Crippen molar-refractivity contribution in [2.24, 2.45) is 5.73 Å². The molecule has 0 radical (unpaired) electrons. The average Bonchev–Trinajstić information content (AvgIpc) is 3.09. The number of nitrogens with one attached hydrogen (secondary N) is 1. The fraction of sp³-hybridized carbons (Fsp3) is 0.429. The number of aromatic amines is 1. The van der Waals surface area contributed by atoms with Crippen molar-refractivity contribution in [2.45, 2.75) is 38.1 Å². The molecule has 0 saturated heterocycles. The summed E-state index contributed by atoms with van der Waals surface area (Å²) in [5, 5.41) is 7.42. The number of rotatable bonds is 3. The Morgan fingerprint density at radius 2 is 2.11 bits per heavy atom. The second-order valence-corrected chi connectivity index (χ2v) is 4.93. The lowest BCUT2D eigenvalue weighted by Crippen LogP contribution is -1.96. The Labute approximate surface area is 107 Å². The van der Waals surface area contributed by atoms with Gasteiger partial charge in [0.25, 0.3) is 0 Å². The van der Waals surface area contributed by atoms with Crippen molar-refractivity contribution in [3.8, 4) is 11.4 Å². The van der Waals surface area contributed by atoms with Crippen molar-refractivity contribution >= 4 is 0 Å². The molecule has 1 aliphatic rings. The zero-order chi connectivity index (χ0) is 12.4. The van der Waals surface area contributed by atoms with E-state index < -0.39 is 0 Å². The standard InChI is InChI=1S/C14H18N4/c15-9-10-4-3-7-12(8-10)14-16-13(17-18-14)11-5-1-2-6-11/h3-4,7-8,11H,1-2,5-6,9,15H2,(H,16,17,18). The molecule has 4 heteroatoms. The Morgan fingerprint density at radius 1 is 1.28 bits per heavy atom. The van der Waals surface area contributed by atoms with Gasteiger partial charge in [0.1, 0.15) is 5.82 Å². The Hall–Kier alpha value is -1.68. The molecule has 1 aromatic heterocycles. The number of nitrogens with two attached hydrogens (primary N) is 1. The van der Waals surface area contributed by atoms with E-state index in [1.54, 1.807) is 0 Å². The van der Waals surface area contributed by atoms with Gasteiger partial charge < -0.3 is 5.73 Å². The van der Waals surface area contributed by atoms with Crippen LogP contribution in [0, 0.1) is 0 Å². The predicted octanol–water partition coefficient (Wildman–Crippen LogP) is 2.59. The van der Waals surface area contributed by atoms with Gasteiger partial charge in [0.2, 0.25) is 0 Å². The largest absolute Gasteiger partial charge is 0.326 e. The van der Waals surface area contributed by atoms with E-state index in [1.807, 2.05) is 18.2 Å². The molecule has 4 nitrogen and oxygen atoms in total. The molecule has 1 fully saturated rings. The van der Waals surface area contributed by atoms with Gasteiger partial charge in [0.05, 0.1) is 0 Å². The molecular formula is C14H18N4. The van der Waals surface area contributed by atoms with Crippen molar-refractivity contribution in [1.29, 1.82) is 0 Å². The average molecular weight is 242 g/mol. The second-order valence-electron chi connectivity index (χ2n) is 4.93.